The summed E-state index contributed by atoms with van der Waals surface area (Å²) in [5, 5.41) is 2.06. The van der Waals surface area contributed by atoms with Crippen LogP contribution in [0.4, 0.5) is 0 Å². The Morgan fingerprint density at radius 2 is 1.78 bits per heavy atom. The number of carbonyl (C=O) groups excluding carboxylic acids is 1. The van der Waals surface area contributed by atoms with E-state index in [1.807, 2.05) is 13.0 Å². The second-order valence-electron chi connectivity index (χ2n) is 3.90. The van der Waals surface area contributed by atoms with Crippen molar-refractivity contribution in [2.45, 2.75) is 6.92 Å². The van der Waals surface area contributed by atoms with Crippen molar-refractivity contribution < 1.29 is 14.3 Å². The monoisotopic (exact) mass is 262 g/mol. The number of aldehydes is 1. The highest BCUT2D eigenvalue weighted by atomic mass is 32.1. The van der Waals surface area contributed by atoms with E-state index >= 15 is 0 Å². The van der Waals surface area contributed by atoms with E-state index in [0.717, 1.165) is 16.7 Å². The summed E-state index contributed by atoms with van der Waals surface area (Å²) in [4.78, 5) is 12.2. The van der Waals surface area contributed by atoms with E-state index in [-0.39, 0.29) is 0 Å². The van der Waals surface area contributed by atoms with Gasteiger partial charge >= 0.3 is 0 Å². The highest BCUT2D eigenvalue weighted by Gasteiger charge is 2.13. The van der Waals surface area contributed by atoms with Crippen molar-refractivity contribution >= 4 is 17.6 Å². The second kappa shape index (κ2) is 5.23. The summed E-state index contributed by atoms with van der Waals surface area (Å²) in [5.74, 6) is 1.20. The molecule has 0 aliphatic heterocycles. The molecule has 18 heavy (non-hydrogen) atoms. The van der Waals surface area contributed by atoms with Crippen LogP contribution in [-0.4, -0.2) is 20.5 Å². The molecule has 0 spiro atoms. The number of hydrogen-bond acceptors (Lipinski definition) is 4. The minimum atomic E-state index is 0.566. The molecule has 94 valence electrons. The standard InChI is InChI=1S/C14H14O3S/c1-9-4-14(18-8-9)11-6-13(17-3)12(16-2)5-10(11)7-15/h4-8H,1-3H3. The van der Waals surface area contributed by atoms with Crippen LogP contribution in [0.3, 0.4) is 0 Å². The maximum Gasteiger partial charge on any atom is 0.161 e. The van der Waals surface area contributed by atoms with Gasteiger partial charge in [0.1, 0.15) is 0 Å². The fraction of sp³-hybridized carbons (Fsp3) is 0.214. The fourth-order valence-corrected chi connectivity index (χ4v) is 2.72. The molecule has 4 heteroatoms. The van der Waals surface area contributed by atoms with Crippen LogP contribution in [0.2, 0.25) is 0 Å². The van der Waals surface area contributed by atoms with E-state index in [2.05, 4.69) is 11.4 Å². The third-order valence-corrected chi connectivity index (χ3v) is 3.76. The lowest BCUT2D eigenvalue weighted by Crippen LogP contribution is -1.94. The molecule has 1 heterocycles. The number of methoxy groups -OCH3 is 2. The quantitative estimate of drug-likeness (QED) is 0.790. The maximum atomic E-state index is 11.2. The number of rotatable bonds is 4. The molecule has 0 radical (unpaired) electrons. The maximum absolute atomic E-state index is 11.2. The molecule has 0 amide bonds. The van der Waals surface area contributed by atoms with Crippen LogP contribution in [-0.2, 0) is 0 Å². The van der Waals surface area contributed by atoms with Gasteiger partial charge in [-0.3, -0.25) is 4.79 Å². The van der Waals surface area contributed by atoms with Gasteiger partial charge in [0.05, 0.1) is 14.2 Å². The van der Waals surface area contributed by atoms with Crippen molar-refractivity contribution in [1.82, 2.24) is 0 Å². The van der Waals surface area contributed by atoms with Crippen LogP contribution in [0.25, 0.3) is 10.4 Å². The summed E-state index contributed by atoms with van der Waals surface area (Å²) in [6.45, 7) is 2.03. The van der Waals surface area contributed by atoms with Crippen LogP contribution >= 0.6 is 11.3 Å². The Morgan fingerprint density at radius 3 is 2.28 bits per heavy atom. The molecule has 3 nitrogen and oxygen atoms in total. The first-order valence-electron chi connectivity index (χ1n) is 5.46. The zero-order valence-electron chi connectivity index (χ0n) is 10.5. The minimum absolute atomic E-state index is 0.566. The Balaban J connectivity index is 2.62. The molecular formula is C14H14O3S. The predicted molar refractivity (Wildman–Crippen MR) is 73.0 cm³/mol. The zero-order valence-corrected chi connectivity index (χ0v) is 11.3. The van der Waals surface area contributed by atoms with E-state index in [1.165, 1.54) is 5.56 Å². The molecule has 0 aliphatic rings. The van der Waals surface area contributed by atoms with E-state index in [1.54, 1.807) is 31.6 Å². The molecule has 0 fully saturated rings. The Morgan fingerprint density at radius 1 is 1.11 bits per heavy atom. The Bertz CT molecular complexity index is 572. The van der Waals surface area contributed by atoms with Gasteiger partial charge in [0.2, 0.25) is 0 Å². The smallest absolute Gasteiger partial charge is 0.161 e. The Hall–Kier alpha value is -1.81. The molecule has 2 rings (SSSR count). The first kappa shape index (κ1) is 12.6. The number of ether oxygens (including phenoxy) is 2. The average molecular weight is 262 g/mol. The highest BCUT2D eigenvalue weighted by Crippen LogP contribution is 2.37. The van der Waals surface area contributed by atoms with Crippen molar-refractivity contribution in [3.8, 4) is 21.9 Å². The predicted octanol–water partition coefficient (Wildman–Crippen LogP) is 3.55. The van der Waals surface area contributed by atoms with Gasteiger partial charge in [0.25, 0.3) is 0 Å². The Labute approximate surface area is 110 Å². The van der Waals surface area contributed by atoms with Crippen molar-refractivity contribution in [2.24, 2.45) is 0 Å². The fourth-order valence-electron chi connectivity index (χ4n) is 1.78. The second-order valence-corrected chi connectivity index (χ2v) is 4.81. The molecule has 1 aromatic carbocycles. The summed E-state index contributed by atoms with van der Waals surface area (Å²) in [6, 6.07) is 5.60. The van der Waals surface area contributed by atoms with Gasteiger partial charge in [-0.05, 0) is 36.1 Å². The SMILES string of the molecule is COc1cc(C=O)c(-c2cc(C)cs2)cc1OC. The molecule has 0 aliphatic carbocycles. The lowest BCUT2D eigenvalue weighted by molar-refractivity contribution is 0.112. The number of benzene rings is 1. The van der Waals surface area contributed by atoms with Gasteiger partial charge in [-0.25, -0.2) is 0 Å². The molecule has 0 unspecified atom stereocenters. The molecule has 0 saturated heterocycles. The number of thiophene rings is 1. The normalized spacial score (nSPS) is 10.2. The van der Waals surface area contributed by atoms with Crippen LogP contribution in [0, 0.1) is 6.92 Å². The first-order chi connectivity index (χ1) is 8.69. The number of aryl methyl sites for hydroxylation is 1. The number of carbonyl (C=O) groups is 1. The first-order valence-corrected chi connectivity index (χ1v) is 6.34. The Kier molecular flexibility index (Phi) is 3.67. The van der Waals surface area contributed by atoms with Gasteiger partial charge < -0.3 is 9.47 Å². The summed E-state index contributed by atoms with van der Waals surface area (Å²) in [5.41, 5.74) is 2.66. The largest absolute Gasteiger partial charge is 0.493 e. The van der Waals surface area contributed by atoms with Crippen molar-refractivity contribution in [3.05, 3.63) is 34.7 Å². The lowest BCUT2D eigenvalue weighted by atomic mass is 10.1. The zero-order chi connectivity index (χ0) is 13.1. The minimum Gasteiger partial charge on any atom is -0.493 e. The van der Waals surface area contributed by atoms with Crippen LogP contribution in [0.15, 0.2) is 23.6 Å². The van der Waals surface area contributed by atoms with Crippen molar-refractivity contribution in [1.29, 1.82) is 0 Å². The summed E-state index contributed by atoms with van der Waals surface area (Å²) in [6.07, 6.45) is 0.840. The van der Waals surface area contributed by atoms with Crippen molar-refractivity contribution in [2.75, 3.05) is 14.2 Å². The van der Waals surface area contributed by atoms with E-state index in [9.17, 15) is 4.79 Å². The summed E-state index contributed by atoms with van der Waals surface area (Å²) in [7, 11) is 3.14. The highest BCUT2D eigenvalue weighted by molar-refractivity contribution is 7.13. The lowest BCUT2D eigenvalue weighted by Gasteiger charge is -2.11. The third-order valence-electron chi connectivity index (χ3n) is 2.68. The molecule has 0 atom stereocenters. The van der Waals surface area contributed by atoms with Crippen molar-refractivity contribution in [3.63, 3.8) is 0 Å². The van der Waals surface area contributed by atoms with E-state index < -0.39 is 0 Å². The van der Waals surface area contributed by atoms with Gasteiger partial charge in [0.15, 0.2) is 17.8 Å². The summed E-state index contributed by atoms with van der Waals surface area (Å²) < 4.78 is 10.5. The van der Waals surface area contributed by atoms with Gasteiger partial charge in [-0.2, -0.15) is 0 Å². The molecule has 2 aromatic rings. The summed E-state index contributed by atoms with van der Waals surface area (Å²) >= 11 is 1.61. The number of hydrogen-bond donors (Lipinski definition) is 0. The molecule has 0 saturated carbocycles. The van der Waals surface area contributed by atoms with Gasteiger partial charge in [-0.15, -0.1) is 11.3 Å². The molecule has 0 bridgehead atoms. The molecule has 1 aromatic heterocycles. The van der Waals surface area contributed by atoms with Crippen LogP contribution in [0.5, 0.6) is 11.5 Å². The topological polar surface area (TPSA) is 35.5 Å². The third kappa shape index (κ3) is 2.24. The molecule has 0 N–H and O–H groups in total. The van der Waals surface area contributed by atoms with E-state index in [4.69, 9.17) is 9.47 Å². The average Bonchev–Trinajstić information content (AvgIpc) is 2.83. The van der Waals surface area contributed by atoms with Crippen LogP contribution in [0.1, 0.15) is 15.9 Å². The van der Waals surface area contributed by atoms with Crippen LogP contribution < -0.4 is 9.47 Å². The van der Waals surface area contributed by atoms with E-state index in [0.29, 0.717) is 17.1 Å². The molecular weight excluding hydrogens is 248 g/mol. The van der Waals surface area contributed by atoms with Gasteiger partial charge in [-0.1, -0.05) is 0 Å². The van der Waals surface area contributed by atoms with Gasteiger partial charge in [0, 0.05) is 16.0 Å².